The lowest BCUT2D eigenvalue weighted by molar-refractivity contribution is -0.151. The molecule has 0 radical (unpaired) electrons. The Morgan fingerprint density at radius 1 is 0.646 bits per heavy atom. The van der Waals surface area contributed by atoms with Gasteiger partial charge in [0.25, 0.3) is 0 Å². The van der Waals surface area contributed by atoms with Gasteiger partial charge in [-0.25, -0.2) is 4.79 Å². The van der Waals surface area contributed by atoms with E-state index in [1.807, 2.05) is 133 Å². The Labute approximate surface area is 477 Å². The molecule has 3 saturated heterocycles. The van der Waals surface area contributed by atoms with Crippen LogP contribution in [0, 0.1) is 5.92 Å². The van der Waals surface area contributed by atoms with E-state index in [4.69, 9.17) is 15.2 Å². The topological polar surface area (TPSA) is 250 Å². The minimum Gasteiger partial charge on any atom is -0.489 e. The van der Waals surface area contributed by atoms with Gasteiger partial charge in [-0.1, -0.05) is 115 Å². The number of amides is 6. The third-order valence-electron chi connectivity index (χ3n) is 16.1. The summed E-state index contributed by atoms with van der Waals surface area (Å²) in [6.07, 6.45) is 0.222. The summed E-state index contributed by atoms with van der Waals surface area (Å²) in [6, 6.07) is 35.6. The molecule has 6 aromatic rings. The fourth-order valence-corrected chi connectivity index (χ4v) is 11.7. The molecular weight excluding hydrogens is 1040 g/mol. The molecule has 3 fully saturated rings. The predicted octanol–water partition coefficient (Wildman–Crippen LogP) is 3.72. The van der Waals surface area contributed by atoms with Gasteiger partial charge in [-0.3, -0.25) is 28.8 Å². The zero-order chi connectivity index (χ0) is 57.0. The number of ether oxygens (including phenoxy) is 2. The Morgan fingerprint density at radius 3 is 2.09 bits per heavy atom. The number of nitrogens with one attached hydrogen (secondary N) is 6. The first kappa shape index (κ1) is 56.9. The van der Waals surface area contributed by atoms with Crippen LogP contribution in [0.25, 0.3) is 10.9 Å². The van der Waals surface area contributed by atoms with Crippen molar-refractivity contribution in [2.45, 2.75) is 94.4 Å². The van der Waals surface area contributed by atoms with E-state index in [0.29, 0.717) is 50.5 Å². The molecule has 82 heavy (non-hydrogen) atoms. The Kier molecular flexibility index (Phi) is 18.7. The van der Waals surface area contributed by atoms with Crippen LogP contribution in [0.2, 0.25) is 0 Å². The van der Waals surface area contributed by atoms with Crippen molar-refractivity contribution in [1.82, 2.24) is 46.3 Å². The molecule has 1 aromatic heterocycles. The quantitative estimate of drug-likeness (QED) is 0.0778. The average Bonchev–Trinajstić information content (AvgIpc) is 4.30. The van der Waals surface area contributed by atoms with Gasteiger partial charge in [0, 0.05) is 102 Å². The maximum absolute atomic E-state index is 15.8. The Bertz CT molecular complexity index is 3210. The fourth-order valence-electron chi connectivity index (χ4n) is 11.7. The van der Waals surface area contributed by atoms with Crippen molar-refractivity contribution >= 4 is 52.3 Å². The second kappa shape index (κ2) is 26.9. The summed E-state index contributed by atoms with van der Waals surface area (Å²) in [7, 11) is 0. The van der Waals surface area contributed by atoms with Crippen molar-refractivity contribution in [2.24, 2.45) is 11.7 Å². The lowest BCUT2D eigenvalue weighted by Gasteiger charge is -2.40. The van der Waals surface area contributed by atoms with Crippen LogP contribution < -0.4 is 37.1 Å². The largest absolute Gasteiger partial charge is 0.489 e. The Balaban J connectivity index is 1.05. The van der Waals surface area contributed by atoms with Gasteiger partial charge in [-0.05, 0) is 64.4 Å². The average molecular weight is 1110 g/mol. The van der Waals surface area contributed by atoms with Crippen molar-refractivity contribution in [3.8, 4) is 5.75 Å². The van der Waals surface area contributed by atoms with E-state index in [0.717, 1.165) is 38.7 Å². The third-order valence-corrected chi connectivity index (χ3v) is 16.1. The zero-order valence-electron chi connectivity index (χ0n) is 45.9. The normalized spacial score (nSPS) is 23.1. The SMILES string of the molecule is NCCNC(=O)O[C@@H]1C[C@H]2C(=O)N[C@@H](CCc3ccccc3)C(=O)N[C@@H](Cc3c[nH]c4ccccc34)C(=O)C[C@@H](CN3CCNCC3)C(=O)N[C@@H](Cc3ccc(OCc4ccccc4)cc3)C(=O)N3Cc4ccccc4C[C@H]3C(=O)N2C1. The number of fused-ring (bicyclic) bond motifs is 4. The number of carbonyl (C=O) groups excluding carboxylic acids is 7. The molecule has 4 aliphatic heterocycles. The van der Waals surface area contributed by atoms with Crippen LogP contribution >= 0.6 is 0 Å². The lowest BCUT2D eigenvalue weighted by Crippen LogP contribution is -2.61. The molecule has 10 rings (SSSR count). The van der Waals surface area contributed by atoms with Gasteiger partial charge in [0.1, 0.15) is 42.6 Å². The van der Waals surface area contributed by atoms with Gasteiger partial charge in [0.05, 0.1) is 18.5 Å². The summed E-state index contributed by atoms with van der Waals surface area (Å²) < 4.78 is 11.9. The monoisotopic (exact) mass is 1110 g/mol. The number of alkyl carbamates (subject to hydrolysis) is 1. The van der Waals surface area contributed by atoms with Crippen LogP contribution in [0.1, 0.15) is 52.6 Å². The molecule has 4 aliphatic rings. The van der Waals surface area contributed by atoms with Crippen LogP contribution in [0.5, 0.6) is 5.75 Å². The molecule has 5 heterocycles. The first-order valence-corrected chi connectivity index (χ1v) is 28.5. The lowest BCUT2D eigenvalue weighted by atomic mass is 9.90. The van der Waals surface area contributed by atoms with Crippen molar-refractivity contribution in [1.29, 1.82) is 0 Å². The standard InChI is InChI=1S/C63H72N10O9/c64-25-26-66-63(80)82-49-35-55-60(77)68-52(24-21-41-11-3-1-4-12-41)59(76)69-53(32-46-36-67-51-18-10-9-17-50(46)51)57(74)34-47(37-71-29-27-65-28-30-71)58(75)70-54(31-42-19-22-48(23-20-42)81-40-43-13-5-2-6-14-43)61(78)72-38-45-16-8-7-15-44(45)33-56(72)62(79)73(55)39-49/h1-20,22-23,36,47,49,52-56,65,67H,21,24-35,37-40,64H2,(H,66,80)(H,68,77)(H,69,76)(H,70,75)/t47-,49+,52-,53-,54-,55-,56-/m0/s1. The first-order chi connectivity index (χ1) is 40.0. The van der Waals surface area contributed by atoms with Crippen LogP contribution in [-0.4, -0.2) is 150 Å². The Hall–Kier alpha value is -8.39. The third kappa shape index (κ3) is 14.2. The molecule has 0 aliphatic carbocycles. The number of nitrogens with zero attached hydrogens (tertiary/aromatic N) is 3. The number of hydrogen-bond acceptors (Lipinski definition) is 12. The summed E-state index contributed by atoms with van der Waals surface area (Å²) in [6.45, 7) is 3.13. The van der Waals surface area contributed by atoms with Crippen LogP contribution in [0.4, 0.5) is 4.79 Å². The molecule has 19 heteroatoms. The molecule has 0 saturated carbocycles. The number of ketones is 1. The van der Waals surface area contributed by atoms with Gasteiger partial charge in [0.2, 0.25) is 29.5 Å². The van der Waals surface area contributed by atoms with Crippen LogP contribution in [-0.2, 0) is 72.3 Å². The van der Waals surface area contributed by atoms with E-state index < -0.39 is 83.6 Å². The molecule has 7 atom stereocenters. The second-order valence-electron chi connectivity index (χ2n) is 21.8. The van der Waals surface area contributed by atoms with Crippen LogP contribution in [0.3, 0.4) is 0 Å². The highest BCUT2D eigenvalue weighted by Crippen LogP contribution is 2.31. The van der Waals surface area contributed by atoms with E-state index in [-0.39, 0.29) is 71.2 Å². The molecule has 0 unspecified atom stereocenters. The highest BCUT2D eigenvalue weighted by atomic mass is 16.6. The number of nitrogens with two attached hydrogens (primary N) is 1. The first-order valence-electron chi connectivity index (χ1n) is 28.5. The fraction of sp³-hybridized carbons (Fsp3) is 0.381. The molecule has 19 nitrogen and oxygen atoms in total. The minimum absolute atomic E-state index is 0.00306. The number of aromatic amines is 1. The van der Waals surface area contributed by atoms with Crippen molar-refractivity contribution in [2.75, 3.05) is 52.4 Å². The maximum atomic E-state index is 15.8. The van der Waals surface area contributed by atoms with E-state index in [2.05, 4.69) is 36.5 Å². The van der Waals surface area contributed by atoms with Crippen molar-refractivity contribution < 1.29 is 43.0 Å². The molecule has 8 N–H and O–H groups in total. The number of hydrogen-bond donors (Lipinski definition) is 7. The van der Waals surface area contributed by atoms with Gasteiger partial charge >= 0.3 is 6.09 Å². The molecule has 0 spiro atoms. The number of Topliss-reactive ketones (excluding diaryl/α,β-unsaturated/α-hetero) is 1. The second-order valence-corrected chi connectivity index (χ2v) is 21.8. The smallest absolute Gasteiger partial charge is 0.407 e. The van der Waals surface area contributed by atoms with Gasteiger partial charge in [-0.2, -0.15) is 0 Å². The summed E-state index contributed by atoms with van der Waals surface area (Å²) in [5.74, 6) is -3.77. The summed E-state index contributed by atoms with van der Waals surface area (Å²) in [5.41, 5.74) is 11.5. The molecule has 0 bridgehead atoms. The number of para-hydroxylation sites is 1. The molecule has 6 amide bonds. The predicted molar refractivity (Wildman–Crippen MR) is 308 cm³/mol. The van der Waals surface area contributed by atoms with Crippen LogP contribution in [0.15, 0.2) is 140 Å². The molecule has 428 valence electrons. The summed E-state index contributed by atoms with van der Waals surface area (Å²) in [4.78, 5) is 114. The molecule has 5 aromatic carbocycles. The number of benzene rings is 5. The van der Waals surface area contributed by atoms with Crippen molar-refractivity contribution in [3.63, 3.8) is 0 Å². The van der Waals surface area contributed by atoms with E-state index in [1.165, 1.54) is 9.80 Å². The minimum atomic E-state index is -1.27. The number of aryl methyl sites for hydroxylation is 1. The summed E-state index contributed by atoms with van der Waals surface area (Å²) >= 11 is 0. The molecular formula is C63H72N10O9. The van der Waals surface area contributed by atoms with E-state index in [9.17, 15) is 4.79 Å². The van der Waals surface area contributed by atoms with Crippen molar-refractivity contribution in [3.05, 3.63) is 173 Å². The van der Waals surface area contributed by atoms with Gasteiger partial charge in [0.15, 0.2) is 5.78 Å². The number of piperazine rings is 1. The number of carbonyl (C=O) groups is 7. The van der Waals surface area contributed by atoms with Gasteiger partial charge < -0.3 is 61.5 Å². The van der Waals surface area contributed by atoms with E-state index in [1.54, 1.807) is 6.20 Å². The number of rotatable bonds is 15. The highest BCUT2D eigenvalue weighted by molar-refractivity contribution is 5.99. The zero-order valence-corrected chi connectivity index (χ0v) is 45.9. The number of H-pyrrole nitrogens is 1. The summed E-state index contributed by atoms with van der Waals surface area (Å²) in [5, 5.41) is 16.0. The number of aromatic nitrogens is 1. The van der Waals surface area contributed by atoms with Gasteiger partial charge in [-0.15, -0.1) is 0 Å². The highest BCUT2D eigenvalue weighted by Gasteiger charge is 2.48. The van der Waals surface area contributed by atoms with E-state index >= 15 is 28.8 Å². The Morgan fingerprint density at radius 2 is 1.33 bits per heavy atom. The maximum Gasteiger partial charge on any atom is 0.407 e.